The number of aliphatic hydroxyl groups is 5. The number of allylic oxidation sites excluding steroid dienone is 8. The van der Waals surface area contributed by atoms with E-state index in [2.05, 4.69) is 67.0 Å². The van der Waals surface area contributed by atoms with Gasteiger partial charge in [-0.3, -0.25) is 23.4 Å². The smallest absolute Gasteiger partial charge is 0.462 e. The lowest BCUT2D eigenvalue weighted by Crippen LogP contribution is -2.29. The Hall–Kier alpha value is -2.78. The zero-order valence-corrected chi connectivity index (χ0v) is 37.6. The number of hydrogen-bond donors (Lipinski definition) is 6. The summed E-state index contributed by atoms with van der Waals surface area (Å²) in [6, 6.07) is 0. The molecule has 15 heteroatoms. The van der Waals surface area contributed by atoms with Crippen LogP contribution in [0.2, 0.25) is 0 Å². The van der Waals surface area contributed by atoms with Gasteiger partial charge in [0, 0.05) is 43.9 Å². The van der Waals surface area contributed by atoms with E-state index in [4.69, 9.17) is 19.1 Å². The number of phosphoric acid groups is 1. The van der Waals surface area contributed by atoms with Crippen molar-refractivity contribution in [1.82, 2.24) is 0 Å². The molecule has 1 fully saturated rings. The van der Waals surface area contributed by atoms with Crippen LogP contribution in [0, 0.1) is 11.8 Å². The number of ketones is 1. The molecule has 0 saturated heterocycles. The van der Waals surface area contributed by atoms with Gasteiger partial charge in [0.25, 0.3) is 0 Å². The van der Waals surface area contributed by atoms with Crippen LogP contribution in [0.5, 0.6) is 0 Å². The highest BCUT2D eigenvalue weighted by Crippen LogP contribution is 2.43. The van der Waals surface area contributed by atoms with E-state index in [0.717, 1.165) is 70.6 Å². The van der Waals surface area contributed by atoms with Gasteiger partial charge in [0.1, 0.15) is 18.5 Å². The maximum atomic E-state index is 12.8. The average Bonchev–Trinajstić information content (AvgIpc) is 3.49. The second kappa shape index (κ2) is 35.7. The fourth-order valence-electron chi connectivity index (χ4n) is 6.63. The third-order valence-electron chi connectivity index (χ3n) is 10.1. The summed E-state index contributed by atoms with van der Waals surface area (Å²) in [5.74, 6) is -2.30. The Morgan fingerprint density at radius 1 is 0.721 bits per heavy atom. The first kappa shape index (κ1) is 56.2. The molecule has 1 saturated carbocycles. The molecule has 0 spiro atoms. The van der Waals surface area contributed by atoms with Gasteiger partial charge in [0.2, 0.25) is 0 Å². The molecule has 0 heterocycles. The largest absolute Gasteiger partial charge is 0.472 e. The van der Waals surface area contributed by atoms with Gasteiger partial charge in [-0.2, -0.15) is 0 Å². The molecular weight excluding hydrogens is 807 g/mol. The summed E-state index contributed by atoms with van der Waals surface area (Å²) < 4.78 is 32.6. The monoisotopic (exact) mass is 885 g/mol. The Labute approximate surface area is 364 Å². The third-order valence-corrected chi connectivity index (χ3v) is 11.1. The number of carbonyl (C=O) groups is 3. The molecule has 0 bridgehead atoms. The molecule has 1 aliphatic carbocycles. The first-order valence-corrected chi connectivity index (χ1v) is 23.9. The number of carbonyl (C=O) groups excluding carboxylic acids is 3. The molecule has 0 aromatic rings. The lowest BCUT2D eigenvalue weighted by atomic mass is 9.87. The molecule has 0 amide bonds. The molecular formula is C46H77O14P. The zero-order valence-electron chi connectivity index (χ0n) is 36.7. The molecule has 0 aliphatic heterocycles. The maximum Gasteiger partial charge on any atom is 0.472 e. The zero-order chi connectivity index (χ0) is 45.1. The molecule has 14 nitrogen and oxygen atoms in total. The predicted molar refractivity (Wildman–Crippen MR) is 235 cm³/mol. The lowest BCUT2D eigenvalue weighted by Gasteiger charge is -2.20. The molecule has 61 heavy (non-hydrogen) atoms. The fourth-order valence-corrected chi connectivity index (χ4v) is 7.42. The number of unbranched alkanes of at least 4 members (excludes halogenated alkanes) is 7. The highest BCUT2D eigenvalue weighted by Gasteiger charge is 2.41. The molecule has 1 rings (SSSR count). The van der Waals surface area contributed by atoms with Crippen molar-refractivity contribution in [2.75, 3.05) is 26.4 Å². The molecule has 0 radical (unpaired) electrons. The van der Waals surface area contributed by atoms with Crippen molar-refractivity contribution in [2.24, 2.45) is 11.8 Å². The normalized spacial score (nSPS) is 20.9. The van der Waals surface area contributed by atoms with Crippen molar-refractivity contribution in [2.45, 2.75) is 173 Å². The quantitative estimate of drug-likeness (QED) is 0.0154. The molecule has 1 unspecified atom stereocenters. The molecule has 350 valence electrons. The van der Waals surface area contributed by atoms with Crippen molar-refractivity contribution in [3.05, 3.63) is 60.8 Å². The van der Waals surface area contributed by atoms with E-state index in [-0.39, 0.29) is 37.9 Å². The van der Waals surface area contributed by atoms with Gasteiger partial charge in [-0.15, -0.1) is 0 Å². The van der Waals surface area contributed by atoms with Crippen LogP contribution >= 0.6 is 7.82 Å². The summed E-state index contributed by atoms with van der Waals surface area (Å²) in [5.41, 5.74) is 0. The summed E-state index contributed by atoms with van der Waals surface area (Å²) in [7, 11) is -4.72. The van der Waals surface area contributed by atoms with Crippen molar-refractivity contribution >= 4 is 25.5 Å². The van der Waals surface area contributed by atoms with Crippen LogP contribution in [0.15, 0.2) is 60.8 Å². The Morgan fingerprint density at radius 3 is 2.00 bits per heavy atom. The summed E-state index contributed by atoms with van der Waals surface area (Å²) in [5, 5.41) is 49.7. The minimum Gasteiger partial charge on any atom is -0.462 e. The number of aliphatic hydroxyl groups excluding tert-OH is 5. The van der Waals surface area contributed by atoms with Crippen LogP contribution < -0.4 is 0 Å². The van der Waals surface area contributed by atoms with E-state index in [0.29, 0.717) is 25.7 Å². The molecule has 8 atom stereocenters. The van der Waals surface area contributed by atoms with Gasteiger partial charge in [0.15, 0.2) is 6.10 Å². The van der Waals surface area contributed by atoms with Gasteiger partial charge >= 0.3 is 19.8 Å². The van der Waals surface area contributed by atoms with Crippen LogP contribution in [0.25, 0.3) is 0 Å². The Bertz CT molecular complexity index is 1380. The minimum absolute atomic E-state index is 0.0532. The average molecular weight is 885 g/mol. The Morgan fingerprint density at radius 2 is 1.33 bits per heavy atom. The SMILES string of the molecule is CC/C=C\C/C=C\C/C=C\C/C=C\CCCCCCC(=O)O[C@H](COC(=O)CCCCC(=O)C[C@@H]1[C@@H](/C=C/[C@@H](O)CCCCC)[C@H](O)C[C@@H]1O)COP(=O)(O)OC[C@@H](O)CO. The van der Waals surface area contributed by atoms with E-state index >= 15 is 0 Å². The fraction of sp³-hybridized carbons (Fsp3) is 0.717. The predicted octanol–water partition coefficient (Wildman–Crippen LogP) is 7.45. The van der Waals surface area contributed by atoms with E-state index < -0.39 is 88.5 Å². The Kier molecular flexibility index (Phi) is 32.9. The van der Waals surface area contributed by atoms with Gasteiger partial charge in [-0.25, -0.2) is 4.57 Å². The van der Waals surface area contributed by atoms with E-state index in [9.17, 15) is 44.3 Å². The van der Waals surface area contributed by atoms with E-state index in [1.165, 1.54) is 0 Å². The standard InChI is InChI=1S/C46H77O14P/c1-3-5-7-8-9-10-11-12-13-14-15-16-17-18-19-20-22-28-46(54)60-40(36-59-61(55,56)58-34-39(50)33-47)35-57-45(53)27-24-23-26-38(49)31-42-41(43(51)32-44(42)52)30-29-37(48)25-21-6-4-2/h5,7,9-10,12-13,15-16,29-30,37,39-44,47-48,50-52H,3-4,6,8,11,14,17-28,31-36H2,1-2H3,(H,55,56)/b7-5-,10-9-,13-12-,16-15-,30-29+/t37-,39-,40+,41+,42+,43+,44-/m0/s1. The number of phosphoric ester groups is 1. The minimum atomic E-state index is -4.72. The first-order valence-electron chi connectivity index (χ1n) is 22.4. The maximum absolute atomic E-state index is 12.8. The second-order valence-corrected chi connectivity index (χ2v) is 17.1. The molecule has 0 aromatic carbocycles. The van der Waals surface area contributed by atoms with E-state index in [1.54, 1.807) is 12.2 Å². The lowest BCUT2D eigenvalue weighted by molar-refractivity contribution is -0.161. The van der Waals surface area contributed by atoms with Gasteiger partial charge in [-0.1, -0.05) is 107 Å². The van der Waals surface area contributed by atoms with Crippen LogP contribution in [0.1, 0.15) is 142 Å². The first-order chi connectivity index (χ1) is 29.3. The highest BCUT2D eigenvalue weighted by atomic mass is 31.2. The molecule has 6 N–H and O–H groups in total. The second-order valence-electron chi connectivity index (χ2n) is 15.7. The highest BCUT2D eigenvalue weighted by molar-refractivity contribution is 7.47. The summed E-state index contributed by atoms with van der Waals surface area (Å²) in [4.78, 5) is 48.1. The third kappa shape index (κ3) is 30.0. The van der Waals surface area contributed by atoms with Crippen LogP contribution in [0.4, 0.5) is 0 Å². The van der Waals surface area contributed by atoms with Crippen molar-refractivity contribution in [3.8, 4) is 0 Å². The van der Waals surface area contributed by atoms with Gasteiger partial charge in [0.05, 0.1) is 38.1 Å². The topological polar surface area (TPSA) is 227 Å². The molecule has 0 aromatic heterocycles. The molecule has 1 aliphatic rings. The van der Waals surface area contributed by atoms with Crippen molar-refractivity contribution < 1.29 is 67.9 Å². The number of esters is 2. The van der Waals surface area contributed by atoms with Crippen molar-refractivity contribution in [3.63, 3.8) is 0 Å². The summed E-state index contributed by atoms with van der Waals surface area (Å²) in [6.07, 6.45) is 28.2. The number of ether oxygens (including phenoxy) is 2. The van der Waals surface area contributed by atoms with Crippen molar-refractivity contribution in [1.29, 1.82) is 0 Å². The Balaban J connectivity index is 2.50. The van der Waals surface area contributed by atoms with Crippen LogP contribution in [-0.4, -0.2) is 105 Å². The summed E-state index contributed by atoms with van der Waals surface area (Å²) >= 11 is 0. The van der Waals surface area contributed by atoms with Crippen LogP contribution in [0.3, 0.4) is 0 Å². The summed E-state index contributed by atoms with van der Waals surface area (Å²) in [6.45, 7) is 1.69. The number of Topliss-reactive ketones (excluding diaryl/α,β-unsaturated/α-hetero) is 1. The van der Waals surface area contributed by atoms with Gasteiger partial charge in [-0.05, 0) is 64.2 Å². The van der Waals surface area contributed by atoms with E-state index in [1.807, 2.05) is 0 Å². The number of hydrogen-bond acceptors (Lipinski definition) is 13. The van der Waals surface area contributed by atoms with Gasteiger partial charge < -0.3 is 39.9 Å². The van der Waals surface area contributed by atoms with Crippen LogP contribution in [-0.2, 0) is 37.5 Å². The number of rotatable bonds is 37.